The molecule has 2 amide bonds. The van der Waals surface area contributed by atoms with E-state index in [1.54, 1.807) is 0 Å². The van der Waals surface area contributed by atoms with Crippen LogP contribution in [0.3, 0.4) is 0 Å². The van der Waals surface area contributed by atoms with Gasteiger partial charge < -0.3 is 24.8 Å². The van der Waals surface area contributed by atoms with Gasteiger partial charge >= 0.3 is 6.03 Å². The van der Waals surface area contributed by atoms with Gasteiger partial charge in [-0.3, -0.25) is 0 Å². The van der Waals surface area contributed by atoms with E-state index in [-0.39, 0.29) is 6.03 Å². The van der Waals surface area contributed by atoms with Gasteiger partial charge in [0.1, 0.15) is 13.2 Å². The van der Waals surface area contributed by atoms with Crippen molar-refractivity contribution < 1.29 is 19.0 Å². The Morgan fingerprint density at radius 1 is 1.26 bits per heavy atom. The SMILES string of the molecule is CCOCCCNC(=O)NCCc1cc(Cl)c2c(c1)OCCO2. The Kier molecular flexibility index (Phi) is 7.29. The molecule has 0 saturated carbocycles. The summed E-state index contributed by atoms with van der Waals surface area (Å²) in [5.41, 5.74) is 0.996. The maximum absolute atomic E-state index is 11.6. The van der Waals surface area contributed by atoms with Gasteiger partial charge in [-0.25, -0.2) is 4.79 Å². The molecule has 1 aliphatic rings. The molecule has 0 radical (unpaired) electrons. The van der Waals surface area contributed by atoms with Crippen molar-refractivity contribution in [2.75, 3.05) is 39.5 Å². The van der Waals surface area contributed by atoms with Crippen LogP contribution < -0.4 is 20.1 Å². The molecule has 0 atom stereocenters. The van der Waals surface area contributed by atoms with Crippen molar-refractivity contribution in [2.24, 2.45) is 0 Å². The number of hydrogen-bond donors (Lipinski definition) is 2. The van der Waals surface area contributed by atoms with Crippen LogP contribution in [0.1, 0.15) is 18.9 Å². The molecule has 0 bridgehead atoms. The minimum atomic E-state index is -0.176. The lowest BCUT2D eigenvalue weighted by Crippen LogP contribution is -2.37. The second-order valence-corrected chi connectivity index (χ2v) is 5.49. The van der Waals surface area contributed by atoms with Crippen molar-refractivity contribution in [3.63, 3.8) is 0 Å². The van der Waals surface area contributed by atoms with E-state index in [0.29, 0.717) is 62.5 Å². The Morgan fingerprint density at radius 3 is 2.87 bits per heavy atom. The summed E-state index contributed by atoms with van der Waals surface area (Å²) in [6.45, 7) is 5.46. The third-order valence-electron chi connectivity index (χ3n) is 3.31. The number of halogens is 1. The van der Waals surface area contributed by atoms with Crippen molar-refractivity contribution in [3.05, 3.63) is 22.7 Å². The number of amides is 2. The third kappa shape index (κ3) is 5.80. The fourth-order valence-electron chi connectivity index (χ4n) is 2.21. The molecule has 0 spiro atoms. The van der Waals surface area contributed by atoms with E-state index in [1.165, 1.54) is 0 Å². The summed E-state index contributed by atoms with van der Waals surface area (Å²) in [4.78, 5) is 11.6. The normalized spacial score (nSPS) is 12.8. The van der Waals surface area contributed by atoms with Crippen LogP contribution in [0, 0.1) is 0 Å². The minimum absolute atomic E-state index is 0.176. The predicted molar refractivity (Wildman–Crippen MR) is 88.7 cm³/mol. The molecule has 1 aliphatic heterocycles. The highest BCUT2D eigenvalue weighted by Gasteiger charge is 2.16. The molecule has 128 valence electrons. The summed E-state index contributed by atoms with van der Waals surface area (Å²) in [6.07, 6.45) is 1.47. The molecular weight excluding hydrogens is 320 g/mol. The van der Waals surface area contributed by atoms with E-state index in [4.69, 9.17) is 25.8 Å². The van der Waals surface area contributed by atoms with Crippen LogP contribution in [-0.2, 0) is 11.2 Å². The molecular formula is C16H23ClN2O4. The van der Waals surface area contributed by atoms with Crippen LogP contribution in [0.15, 0.2) is 12.1 Å². The number of rotatable bonds is 8. The summed E-state index contributed by atoms with van der Waals surface area (Å²) in [5.74, 6) is 1.26. The second-order valence-electron chi connectivity index (χ2n) is 5.08. The predicted octanol–water partition coefficient (Wildman–Crippen LogP) is 2.38. The van der Waals surface area contributed by atoms with Gasteiger partial charge in [0.15, 0.2) is 11.5 Å². The van der Waals surface area contributed by atoms with E-state index in [9.17, 15) is 4.79 Å². The van der Waals surface area contributed by atoms with E-state index >= 15 is 0 Å². The number of carbonyl (C=O) groups excluding carboxylic acids is 1. The van der Waals surface area contributed by atoms with Gasteiger partial charge in [-0.1, -0.05) is 11.6 Å². The highest BCUT2D eigenvalue weighted by atomic mass is 35.5. The van der Waals surface area contributed by atoms with Gasteiger partial charge in [-0.2, -0.15) is 0 Å². The molecule has 2 N–H and O–H groups in total. The number of nitrogens with one attached hydrogen (secondary N) is 2. The number of urea groups is 1. The molecule has 1 aromatic carbocycles. The lowest BCUT2D eigenvalue weighted by atomic mass is 10.1. The van der Waals surface area contributed by atoms with E-state index in [0.717, 1.165) is 12.0 Å². The molecule has 7 heteroatoms. The first-order valence-corrected chi connectivity index (χ1v) is 8.26. The molecule has 0 aliphatic carbocycles. The highest BCUT2D eigenvalue weighted by Crippen LogP contribution is 2.38. The minimum Gasteiger partial charge on any atom is -0.486 e. The van der Waals surface area contributed by atoms with Crippen LogP contribution in [0.5, 0.6) is 11.5 Å². The van der Waals surface area contributed by atoms with Gasteiger partial charge in [0.2, 0.25) is 0 Å². The van der Waals surface area contributed by atoms with Crippen molar-refractivity contribution in [1.29, 1.82) is 0 Å². The van der Waals surface area contributed by atoms with Crippen molar-refractivity contribution in [3.8, 4) is 11.5 Å². The van der Waals surface area contributed by atoms with Crippen molar-refractivity contribution >= 4 is 17.6 Å². The molecule has 0 aromatic heterocycles. The largest absolute Gasteiger partial charge is 0.486 e. The lowest BCUT2D eigenvalue weighted by Gasteiger charge is -2.20. The smallest absolute Gasteiger partial charge is 0.314 e. The van der Waals surface area contributed by atoms with Crippen LogP contribution in [0.25, 0.3) is 0 Å². The quantitative estimate of drug-likeness (QED) is 0.712. The Bertz CT molecular complexity index is 525. The molecule has 0 fully saturated rings. The van der Waals surface area contributed by atoms with Crippen LogP contribution >= 0.6 is 11.6 Å². The molecule has 6 nitrogen and oxygen atoms in total. The topological polar surface area (TPSA) is 68.8 Å². The zero-order chi connectivity index (χ0) is 16.5. The van der Waals surface area contributed by atoms with Crippen molar-refractivity contribution in [2.45, 2.75) is 19.8 Å². The fraction of sp³-hybridized carbons (Fsp3) is 0.562. The number of fused-ring (bicyclic) bond motifs is 1. The zero-order valence-electron chi connectivity index (χ0n) is 13.3. The third-order valence-corrected chi connectivity index (χ3v) is 3.59. The number of carbonyl (C=O) groups is 1. The summed E-state index contributed by atoms with van der Waals surface area (Å²) < 4.78 is 16.2. The Hall–Kier alpha value is -1.66. The van der Waals surface area contributed by atoms with Gasteiger partial charge in [0.05, 0.1) is 5.02 Å². The van der Waals surface area contributed by atoms with Gasteiger partial charge in [0, 0.05) is 26.3 Å². The van der Waals surface area contributed by atoms with Gasteiger partial charge in [0.25, 0.3) is 0 Å². The summed E-state index contributed by atoms with van der Waals surface area (Å²) in [7, 11) is 0. The monoisotopic (exact) mass is 342 g/mol. The van der Waals surface area contributed by atoms with Crippen molar-refractivity contribution in [1.82, 2.24) is 10.6 Å². The molecule has 2 rings (SSSR count). The van der Waals surface area contributed by atoms with Crippen LogP contribution in [-0.4, -0.2) is 45.5 Å². The Balaban J connectivity index is 1.70. The molecule has 0 unspecified atom stereocenters. The average Bonchev–Trinajstić information content (AvgIpc) is 2.55. The van der Waals surface area contributed by atoms with Gasteiger partial charge in [-0.05, 0) is 37.5 Å². The summed E-state index contributed by atoms with van der Waals surface area (Å²) >= 11 is 6.18. The first kappa shape index (κ1) is 17.7. The molecule has 23 heavy (non-hydrogen) atoms. The zero-order valence-corrected chi connectivity index (χ0v) is 14.1. The average molecular weight is 343 g/mol. The summed E-state index contributed by atoms with van der Waals surface area (Å²) in [5, 5.41) is 6.14. The molecule has 1 heterocycles. The number of ether oxygens (including phenoxy) is 3. The Labute approximate surface area is 141 Å². The standard InChI is InChI=1S/C16H23ClN2O4/c1-2-21-7-3-5-18-16(20)19-6-4-12-10-13(17)15-14(11-12)22-8-9-23-15/h10-11H,2-9H2,1H3,(H2,18,19,20). The maximum Gasteiger partial charge on any atom is 0.314 e. The van der Waals surface area contributed by atoms with Crippen LogP contribution in [0.2, 0.25) is 5.02 Å². The fourth-order valence-corrected chi connectivity index (χ4v) is 2.50. The number of benzene rings is 1. The van der Waals surface area contributed by atoms with Gasteiger partial charge in [-0.15, -0.1) is 0 Å². The maximum atomic E-state index is 11.6. The van der Waals surface area contributed by atoms with Crippen LogP contribution in [0.4, 0.5) is 4.79 Å². The first-order chi connectivity index (χ1) is 11.2. The molecule has 0 saturated heterocycles. The number of hydrogen-bond acceptors (Lipinski definition) is 4. The first-order valence-electron chi connectivity index (χ1n) is 7.88. The van der Waals surface area contributed by atoms with E-state index in [1.807, 2.05) is 19.1 Å². The van der Waals surface area contributed by atoms with E-state index < -0.39 is 0 Å². The Morgan fingerprint density at radius 2 is 2.04 bits per heavy atom. The second kappa shape index (κ2) is 9.47. The lowest BCUT2D eigenvalue weighted by molar-refractivity contribution is 0.145. The van der Waals surface area contributed by atoms with E-state index in [2.05, 4.69) is 10.6 Å². The summed E-state index contributed by atoms with van der Waals surface area (Å²) in [6, 6.07) is 3.57. The molecule has 1 aromatic rings. The highest BCUT2D eigenvalue weighted by molar-refractivity contribution is 6.32.